The van der Waals surface area contributed by atoms with E-state index in [1.807, 2.05) is 36.4 Å². The summed E-state index contributed by atoms with van der Waals surface area (Å²) in [5.41, 5.74) is 14.1. The molecule has 0 unspecified atom stereocenters. The lowest BCUT2D eigenvalue weighted by Gasteiger charge is -2.10. The van der Waals surface area contributed by atoms with Crippen LogP contribution in [0.2, 0.25) is 0 Å². The van der Waals surface area contributed by atoms with Crippen molar-refractivity contribution < 1.29 is 0 Å². The van der Waals surface area contributed by atoms with Crippen LogP contribution in [0.4, 0.5) is 0 Å². The van der Waals surface area contributed by atoms with Crippen molar-refractivity contribution in [1.29, 1.82) is 5.26 Å². The van der Waals surface area contributed by atoms with Crippen LogP contribution < -0.4 is 0 Å². The van der Waals surface area contributed by atoms with Gasteiger partial charge >= 0.3 is 0 Å². The van der Waals surface area contributed by atoms with Crippen LogP contribution in [-0.2, 0) is 0 Å². The molecule has 0 saturated carbocycles. The molecule has 0 aliphatic heterocycles. The number of nitriles is 1. The van der Waals surface area contributed by atoms with Crippen LogP contribution in [0.1, 0.15) is 5.56 Å². The minimum Gasteiger partial charge on any atom is -0.309 e. The highest BCUT2D eigenvalue weighted by molar-refractivity contribution is 6.11. The summed E-state index contributed by atoms with van der Waals surface area (Å²) in [6, 6.07) is 56.9. The van der Waals surface area contributed by atoms with E-state index in [1.54, 1.807) is 0 Å². The van der Waals surface area contributed by atoms with E-state index in [9.17, 15) is 5.26 Å². The molecule has 5 heteroatoms. The first-order chi connectivity index (χ1) is 24.7. The normalized spacial score (nSPS) is 11.6. The van der Waals surface area contributed by atoms with Gasteiger partial charge in [-0.1, -0.05) is 91.0 Å². The second kappa shape index (κ2) is 11.0. The van der Waals surface area contributed by atoms with Gasteiger partial charge in [-0.15, -0.1) is 0 Å². The Morgan fingerprint density at radius 2 is 1.16 bits per heavy atom. The van der Waals surface area contributed by atoms with E-state index in [2.05, 4.69) is 143 Å². The lowest BCUT2D eigenvalue weighted by molar-refractivity contribution is 1.18. The van der Waals surface area contributed by atoms with E-state index >= 15 is 0 Å². The molecule has 232 valence electrons. The molecule has 6 aromatic carbocycles. The lowest BCUT2D eigenvalue weighted by Crippen LogP contribution is -1.93. The van der Waals surface area contributed by atoms with Crippen LogP contribution >= 0.6 is 0 Å². The standard InChI is InChI=1S/C45H27N5/c46-27-29-18-21-40-37(24-29)38-26-33(19-22-41(38)50(40)35-14-5-2-6-15-35)31-12-9-13-32(25-31)34-20-23-42-48-44-36-16-7-8-17-39(36)47-43(45(44)49(42)28-34)30-10-3-1-4-11-30/h1-26,28H. The number of fused-ring (bicyclic) bond motifs is 8. The van der Waals surface area contributed by atoms with E-state index in [4.69, 9.17) is 9.97 Å². The quantitative estimate of drug-likeness (QED) is 0.193. The third-order valence-corrected chi connectivity index (χ3v) is 9.72. The van der Waals surface area contributed by atoms with Gasteiger partial charge in [0.15, 0.2) is 0 Å². The number of para-hydroxylation sites is 2. The zero-order chi connectivity index (χ0) is 33.2. The summed E-state index contributed by atoms with van der Waals surface area (Å²) in [5, 5.41) is 12.9. The Morgan fingerprint density at radius 1 is 0.500 bits per heavy atom. The maximum Gasteiger partial charge on any atom is 0.138 e. The Balaban J connectivity index is 1.14. The molecule has 0 amide bonds. The van der Waals surface area contributed by atoms with Crippen molar-refractivity contribution in [2.24, 2.45) is 0 Å². The third-order valence-electron chi connectivity index (χ3n) is 9.72. The predicted octanol–water partition coefficient (Wildman–Crippen LogP) is 11.0. The summed E-state index contributed by atoms with van der Waals surface area (Å²) in [7, 11) is 0. The lowest BCUT2D eigenvalue weighted by atomic mass is 9.98. The van der Waals surface area contributed by atoms with Crippen LogP contribution in [-0.4, -0.2) is 18.9 Å². The largest absolute Gasteiger partial charge is 0.309 e. The Morgan fingerprint density at radius 3 is 1.98 bits per heavy atom. The fraction of sp³-hybridized carbons (Fsp3) is 0. The van der Waals surface area contributed by atoms with Gasteiger partial charge in [-0.25, -0.2) is 9.97 Å². The van der Waals surface area contributed by atoms with Gasteiger partial charge in [0.1, 0.15) is 11.2 Å². The van der Waals surface area contributed by atoms with Crippen molar-refractivity contribution in [2.45, 2.75) is 0 Å². The number of benzene rings is 6. The van der Waals surface area contributed by atoms with E-state index in [1.165, 1.54) is 0 Å². The molecular weight excluding hydrogens is 611 g/mol. The molecule has 5 nitrogen and oxygen atoms in total. The Hall–Kier alpha value is -7.03. The molecule has 4 aromatic heterocycles. The molecular formula is C45H27N5. The number of rotatable bonds is 4. The molecule has 0 saturated heterocycles. The molecule has 0 fully saturated rings. The molecule has 0 atom stereocenters. The van der Waals surface area contributed by atoms with Crippen LogP contribution in [0, 0.1) is 11.3 Å². The Bertz CT molecular complexity index is 2980. The van der Waals surface area contributed by atoms with E-state index in [0.717, 1.165) is 88.6 Å². The molecule has 0 spiro atoms. The summed E-state index contributed by atoms with van der Waals surface area (Å²) in [6.07, 6.45) is 2.19. The minimum absolute atomic E-state index is 0.651. The van der Waals surface area contributed by atoms with Gasteiger partial charge in [0.05, 0.1) is 39.4 Å². The van der Waals surface area contributed by atoms with E-state index in [-0.39, 0.29) is 0 Å². The van der Waals surface area contributed by atoms with Gasteiger partial charge in [0.2, 0.25) is 0 Å². The first kappa shape index (κ1) is 28.0. The fourth-order valence-electron chi connectivity index (χ4n) is 7.38. The fourth-order valence-corrected chi connectivity index (χ4v) is 7.38. The van der Waals surface area contributed by atoms with Gasteiger partial charge in [0.25, 0.3) is 0 Å². The molecule has 50 heavy (non-hydrogen) atoms. The van der Waals surface area contributed by atoms with E-state index < -0.39 is 0 Å². The zero-order valence-corrected chi connectivity index (χ0v) is 26.8. The molecule has 0 bridgehead atoms. The number of hydrogen-bond donors (Lipinski definition) is 0. The van der Waals surface area contributed by atoms with Crippen molar-refractivity contribution in [3.05, 3.63) is 169 Å². The van der Waals surface area contributed by atoms with Gasteiger partial charge < -0.3 is 4.57 Å². The number of nitrogens with zero attached hydrogens (tertiary/aromatic N) is 5. The summed E-state index contributed by atoms with van der Waals surface area (Å²) in [5.74, 6) is 0. The van der Waals surface area contributed by atoms with Crippen LogP contribution in [0.15, 0.2) is 164 Å². The molecule has 0 aliphatic carbocycles. The molecule has 10 rings (SSSR count). The van der Waals surface area contributed by atoms with Crippen molar-refractivity contribution in [3.63, 3.8) is 0 Å². The third kappa shape index (κ3) is 4.33. The minimum atomic E-state index is 0.651. The number of hydrogen-bond acceptors (Lipinski definition) is 3. The van der Waals surface area contributed by atoms with Gasteiger partial charge in [-0.05, 0) is 89.0 Å². The highest BCUT2D eigenvalue weighted by atomic mass is 15.0. The summed E-state index contributed by atoms with van der Waals surface area (Å²) in [6.45, 7) is 0. The number of aromatic nitrogens is 4. The predicted molar refractivity (Wildman–Crippen MR) is 203 cm³/mol. The second-order valence-corrected chi connectivity index (χ2v) is 12.6. The average Bonchev–Trinajstić information content (AvgIpc) is 3.73. The molecule has 10 aromatic rings. The van der Waals surface area contributed by atoms with Crippen LogP contribution in [0.5, 0.6) is 0 Å². The topological polar surface area (TPSA) is 58.9 Å². The van der Waals surface area contributed by atoms with Crippen molar-refractivity contribution in [3.8, 4) is 45.3 Å². The van der Waals surface area contributed by atoms with Gasteiger partial charge in [-0.2, -0.15) is 5.26 Å². The molecule has 4 heterocycles. The molecule has 0 radical (unpaired) electrons. The SMILES string of the molecule is N#Cc1ccc2c(c1)c1cc(-c3cccc(-c4ccc5nc6c7ccccc7nc(-c7ccccc7)c6n5c4)c3)ccc1n2-c1ccccc1. The molecule has 0 N–H and O–H groups in total. The first-order valence-corrected chi connectivity index (χ1v) is 16.6. The summed E-state index contributed by atoms with van der Waals surface area (Å²) < 4.78 is 4.47. The highest BCUT2D eigenvalue weighted by Gasteiger charge is 2.18. The number of imidazole rings is 1. The summed E-state index contributed by atoms with van der Waals surface area (Å²) in [4.78, 5) is 10.3. The van der Waals surface area contributed by atoms with Crippen LogP contribution in [0.3, 0.4) is 0 Å². The van der Waals surface area contributed by atoms with Crippen molar-refractivity contribution >= 4 is 49.4 Å². The van der Waals surface area contributed by atoms with Gasteiger partial charge in [-0.3, -0.25) is 4.40 Å². The van der Waals surface area contributed by atoms with Crippen LogP contribution in [0.25, 0.3) is 88.6 Å². The first-order valence-electron chi connectivity index (χ1n) is 16.6. The maximum absolute atomic E-state index is 9.73. The maximum atomic E-state index is 9.73. The average molecular weight is 638 g/mol. The number of pyridine rings is 2. The second-order valence-electron chi connectivity index (χ2n) is 12.6. The zero-order valence-electron chi connectivity index (χ0n) is 26.8. The smallest absolute Gasteiger partial charge is 0.138 e. The van der Waals surface area contributed by atoms with Gasteiger partial charge in [0, 0.05) is 33.6 Å². The monoisotopic (exact) mass is 637 g/mol. The highest BCUT2D eigenvalue weighted by Crippen LogP contribution is 2.37. The Kier molecular flexibility index (Phi) is 6.17. The molecule has 0 aliphatic rings. The van der Waals surface area contributed by atoms with E-state index in [0.29, 0.717) is 5.56 Å². The van der Waals surface area contributed by atoms with Crippen molar-refractivity contribution in [1.82, 2.24) is 18.9 Å². The van der Waals surface area contributed by atoms with Crippen molar-refractivity contribution in [2.75, 3.05) is 0 Å². The summed E-state index contributed by atoms with van der Waals surface area (Å²) >= 11 is 0. The Labute approximate surface area is 287 Å².